The highest BCUT2D eigenvalue weighted by Crippen LogP contribution is 2.26. The minimum absolute atomic E-state index is 0.342. The molecule has 0 spiro atoms. The maximum atomic E-state index is 13.3. The SMILES string of the molecule is CCn1nc(C)c(S(=O)(=O)N2CCN(c3cc(N4CCOCC4)ncn3)CC2)c1C. The summed E-state index contributed by atoms with van der Waals surface area (Å²) in [5, 5.41) is 4.38. The molecule has 0 atom stereocenters. The van der Waals surface area contributed by atoms with Gasteiger partial charge in [0.25, 0.3) is 0 Å². The third-order valence-corrected chi connectivity index (χ3v) is 7.90. The van der Waals surface area contributed by atoms with Crippen molar-refractivity contribution >= 4 is 21.7 Å². The molecule has 4 rings (SSSR count). The molecule has 0 amide bonds. The number of rotatable bonds is 5. The predicted molar refractivity (Wildman–Crippen MR) is 113 cm³/mol. The fourth-order valence-corrected chi connectivity index (χ4v) is 5.92. The molecule has 0 aliphatic carbocycles. The minimum Gasteiger partial charge on any atom is -0.378 e. The van der Waals surface area contributed by atoms with Crippen LogP contribution >= 0.6 is 0 Å². The number of hydrogen-bond donors (Lipinski definition) is 0. The van der Waals surface area contributed by atoms with Crippen LogP contribution in [0.15, 0.2) is 17.3 Å². The number of aryl methyl sites for hydroxylation is 2. The Balaban J connectivity index is 1.47. The van der Waals surface area contributed by atoms with Crippen molar-refractivity contribution in [3.8, 4) is 0 Å². The first kappa shape index (κ1) is 21.0. The van der Waals surface area contributed by atoms with Crippen LogP contribution in [0, 0.1) is 13.8 Å². The second-order valence-electron chi connectivity index (χ2n) is 7.54. The van der Waals surface area contributed by atoms with Crippen LogP contribution in [0.5, 0.6) is 0 Å². The van der Waals surface area contributed by atoms with Crippen molar-refractivity contribution in [1.82, 2.24) is 24.1 Å². The molecule has 2 fully saturated rings. The second-order valence-corrected chi connectivity index (χ2v) is 9.42. The molecule has 0 saturated carbocycles. The molecule has 2 aromatic rings. The first-order chi connectivity index (χ1) is 14.4. The zero-order chi connectivity index (χ0) is 21.3. The molecule has 2 aromatic heterocycles. The van der Waals surface area contributed by atoms with Gasteiger partial charge in [-0.3, -0.25) is 4.68 Å². The van der Waals surface area contributed by atoms with Crippen LogP contribution in [0.4, 0.5) is 11.6 Å². The lowest BCUT2D eigenvalue weighted by atomic mass is 10.3. The molecule has 2 aliphatic rings. The summed E-state index contributed by atoms with van der Waals surface area (Å²) >= 11 is 0. The summed E-state index contributed by atoms with van der Waals surface area (Å²) in [4.78, 5) is 13.5. The van der Waals surface area contributed by atoms with Crippen LogP contribution < -0.4 is 9.80 Å². The Bertz CT molecular complexity index is 994. The van der Waals surface area contributed by atoms with Crippen LogP contribution in [0.3, 0.4) is 0 Å². The van der Waals surface area contributed by atoms with Crippen LogP contribution in [-0.4, -0.2) is 85.0 Å². The summed E-state index contributed by atoms with van der Waals surface area (Å²) in [6.45, 7) is 11.2. The van der Waals surface area contributed by atoms with Crippen molar-refractivity contribution in [2.45, 2.75) is 32.2 Å². The third kappa shape index (κ3) is 3.88. The van der Waals surface area contributed by atoms with Gasteiger partial charge in [0, 0.05) is 51.9 Å². The van der Waals surface area contributed by atoms with Gasteiger partial charge in [-0.05, 0) is 20.8 Å². The van der Waals surface area contributed by atoms with E-state index in [4.69, 9.17) is 4.74 Å². The first-order valence-corrected chi connectivity index (χ1v) is 11.8. The smallest absolute Gasteiger partial charge is 0.246 e. The molecule has 0 unspecified atom stereocenters. The van der Waals surface area contributed by atoms with Crippen molar-refractivity contribution in [3.05, 3.63) is 23.8 Å². The maximum absolute atomic E-state index is 13.3. The van der Waals surface area contributed by atoms with Gasteiger partial charge in [-0.25, -0.2) is 18.4 Å². The van der Waals surface area contributed by atoms with E-state index in [1.165, 1.54) is 0 Å². The zero-order valence-corrected chi connectivity index (χ0v) is 18.6. The number of aromatic nitrogens is 4. The Labute approximate surface area is 177 Å². The van der Waals surface area contributed by atoms with Crippen LogP contribution in [0.1, 0.15) is 18.3 Å². The van der Waals surface area contributed by atoms with E-state index in [1.807, 2.05) is 19.9 Å². The van der Waals surface area contributed by atoms with Gasteiger partial charge in [0.1, 0.15) is 22.9 Å². The number of anilines is 2. The van der Waals surface area contributed by atoms with Gasteiger partial charge >= 0.3 is 0 Å². The summed E-state index contributed by atoms with van der Waals surface area (Å²) in [5.74, 6) is 1.71. The minimum atomic E-state index is -3.58. The van der Waals surface area contributed by atoms with E-state index in [2.05, 4.69) is 24.9 Å². The van der Waals surface area contributed by atoms with Crippen molar-refractivity contribution < 1.29 is 13.2 Å². The molecule has 30 heavy (non-hydrogen) atoms. The molecule has 4 heterocycles. The van der Waals surface area contributed by atoms with Crippen molar-refractivity contribution in [2.24, 2.45) is 0 Å². The lowest BCUT2D eigenvalue weighted by Gasteiger charge is -2.35. The van der Waals surface area contributed by atoms with Gasteiger partial charge in [-0.2, -0.15) is 9.40 Å². The van der Waals surface area contributed by atoms with E-state index in [0.29, 0.717) is 62.2 Å². The highest BCUT2D eigenvalue weighted by molar-refractivity contribution is 7.89. The predicted octanol–water partition coefficient (Wildman–Crippen LogP) is 0.657. The summed E-state index contributed by atoms with van der Waals surface area (Å²) in [5.41, 5.74) is 1.26. The topological polar surface area (TPSA) is 96.7 Å². The molecular formula is C19H29N7O3S. The normalized spacial score (nSPS) is 18.8. The van der Waals surface area contributed by atoms with E-state index in [1.54, 1.807) is 22.2 Å². The average molecular weight is 436 g/mol. The fraction of sp³-hybridized carbons (Fsp3) is 0.632. The molecule has 0 aromatic carbocycles. The van der Waals surface area contributed by atoms with E-state index >= 15 is 0 Å². The van der Waals surface area contributed by atoms with Crippen molar-refractivity contribution in [2.75, 3.05) is 62.3 Å². The number of morpholine rings is 1. The van der Waals surface area contributed by atoms with E-state index in [-0.39, 0.29) is 0 Å². The zero-order valence-electron chi connectivity index (χ0n) is 17.8. The van der Waals surface area contributed by atoms with Gasteiger partial charge in [-0.15, -0.1) is 0 Å². The Morgan fingerprint density at radius 2 is 1.57 bits per heavy atom. The molecule has 11 heteroatoms. The summed E-state index contributed by atoms with van der Waals surface area (Å²) in [7, 11) is -3.58. The molecule has 2 saturated heterocycles. The van der Waals surface area contributed by atoms with Crippen LogP contribution in [0.25, 0.3) is 0 Å². The fourth-order valence-electron chi connectivity index (χ4n) is 4.12. The number of piperazine rings is 1. The lowest BCUT2D eigenvalue weighted by molar-refractivity contribution is 0.122. The molecule has 10 nitrogen and oxygen atoms in total. The number of ether oxygens (including phenoxy) is 1. The van der Waals surface area contributed by atoms with Gasteiger partial charge in [-0.1, -0.05) is 0 Å². The lowest BCUT2D eigenvalue weighted by Crippen LogP contribution is -2.49. The number of sulfonamides is 1. The van der Waals surface area contributed by atoms with E-state index in [0.717, 1.165) is 24.7 Å². The summed E-state index contributed by atoms with van der Waals surface area (Å²) in [6.07, 6.45) is 1.58. The third-order valence-electron chi connectivity index (χ3n) is 5.75. The molecule has 2 aliphatic heterocycles. The summed E-state index contributed by atoms with van der Waals surface area (Å²) in [6, 6.07) is 1.98. The van der Waals surface area contributed by atoms with E-state index in [9.17, 15) is 8.42 Å². The Morgan fingerprint density at radius 1 is 0.967 bits per heavy atom. The largest absolute Gasteiger partial charge is 0.378 e. The van der Waals surface area contributed by atoms with E-state index < -0.39 is 10.0 Å². The highest BCUT2D eigenvalue weighted by Gasteiger charge is 2.33. The van der Waals surface area contributed by atoms with Gasteiger partial charge < -0.3 is 14.5 Å². The second kappa shape index (κ2) is 8.48. The number of hydrogen-bond acceptors (Lipinski definition) is 8. The summed E-state index contributed by atoms with van der Waals surface area (Å²) < 4.78 is 35.3. The van der Waals surface area contributed by atoms with Crippen molar-refractivity contribution in [3.63, 3.8) is 0 Å². The van der Waals surface area contributed by atoms with Crippen LogP contribution in [-0.2, 0) is 21.3 Å². The quantitative estimate of drug-likeness (QED) is 0.676. The van der Waals surface area contributed by atoms with Crippen molar-refractivity contribution in [1.29, 1.82) is 0 Å². The monoisotopic (exact) mass is 435 g/mol. The Kier molecular flexibility index (Phi) is 5.94. The highest BCUT2D eigenvalue weighted by atomic mass is 32.2. The standard InChI is InChI=1S/C19H29N7O3S/c1-4-26-16(3)19(15(2)22-26)30(27,28)25-7-5-23(6-8-25)17-13-18(21-14-20-17)24-9-11-29-12-10-24/h13-14H,4-12H2,1-3H3. The average Bonchev–Trinajstić information content (AvgIpc) is 3.08. The Morgan fingerprint density at radius 3 is 2.13 bits per heavy atom. The Hall–Kier alpha value is -2.24. The molecule has 0 N–H and O–H groups in total. The molecule has 164 valence electrons. The first-order valence-electron chi connectivity index (χ1n) is 10.4. The van der Waals surface area contributed by atoms with Gasteiger partial charge in [0.15, 0.2) is 0 Å². The molecular weight excluding hydrogens is 406 g/mol. The maximum Gasteiger partial charge on any atom is 0.246 e. The molecule has 0 radical (unpaired) electrons. The van der Waals surface area contributed by atoms with Gasteiger partial charge in [0.05, 0.1) is 24.6 Å². The van der Waals surface area contributed by atoms with Crippen LogP contribution in [0.2, 0.25) is 0 Å². The van der Waals surface area contributed by atoms with Gasteiger partial charge in [0.2, 0.25) is 10.0 Å². The molecule has 0 bridgehead atoms. The number of nitrogens with zero attached hydrogens (tertiary/aromatic N) is 7.